The minimum atomic E-state index is -0.467. The molecule has 3 aromatic carbocycles. The maximum atomic E-state index is 11.9. The molecular formula is C25H21NO4. The number of hydrogen-bond donors (Lipinski definition) is 0. The highest BCUT2D eigenvalue weighted by molar-refractivity contribution is 6.24. The molecule has 0 spiro atoms. The Balaban J connectivity index is 1.58. The van der Waals surface area contributed by atoms with Crippen molar-refractivity contribution in [3.05, 3.63) is 101 Å². The van der Waals surface area contributed by atoms with E-state index >= 15 is 0 Å². The highest BCUT2D eigenvalue weighted by Crippen LogP contribution is 2.29. The molecule has 1 heterocycles. The van der Waals surface area contributed by atoms with E-state index in [4.69, 9.17) is 14.3 Å². The van der Waals surface area contributed by atoms with Crippen molar-refractivity contribution in [3.8, 4) is 11.5 Å². The van der Waals surface area contributed by atoms with Crippen LogP contribution in [0.2, 0.25) is 0 Å². The zero-order valence-corrected chi connectivity index (χ0v) is 16.6. The molecule has 0 saturated heterocycles. The van der Waals surface area contributed by atoms with Gasteiger partial charge in [-0.2, -0.15) is 0 Å². The molecule has 0 radical (unpaired) electrons. The number of carbonyl (C=O) groups excluding carboxylic acids is 1. The second-order valence-electron chi connectivity index (χ2n) is 6.86. The summed E-state index contributed by atoms with van der Waals surface area (Å²) in [6.45, 7) is 2.59. The number of ether oxygens (including phenoxy) is 2. The van der Waals surface area contributed by atoms with Crippen LogP contribution < -0.4 is 9.47 Å². The Morgan fingerprint density at radius 1 is 0.867 bits per heavy atom. The van der Waals surface area contributed by atoms with Gasteiger partial charge in [0.1, 0.15) is 24.7 Å². The molecular weight excluding hydrogens is 378 g/mol. The molecule has 0 unspecified atom stereocenters. The van der Waals surface area contributed by atoms with Crippen LogP contribution in [-0.4, -0.2) is 11.7 Å². The number of rotatable bonds is 7. The number of hydrogen-bond acceptors (Lipinski definition) is 5. The number of nitrogens with zero attached hydrogens (tertiary/aromatic N) is 1. The zero-order valence-electron chi connectivity index (χ0n) is 16.6. The monoisotopic (exact) mass is 399 g/mol. The van der Waals surface area contributed by atoms with Crippen LogP contribution >= 0.6 is 0 Å². The van der Waals surface area contributed by atoms with E-state index in [1.165, 1.54) is 0 Å². The molecule has 0 bridgehead atoms. The van der Waals surface area contributed by atoms with Crippen LogP contribution in [0.3, 0.4) is 0 Å². The first-order valence-electron chi connectivity index (χ1n) is 9.64. The molecule has 30 heavy (non-hydrogen) atoms. The third kappa shape index (κ3) is 4.75. The van der Waals surface area contributed by atoms with Crippen molar-refractivity contribution in [2.75, 3.05) is 0 Å². The van der Waals surface area contributed by atoms with Gasteiger partial charge in [0.15, 0.2) is 0 Å². The van der Waals surface area contributed by atoms with E-state index in [1.54, 1.807) is 13.0 Å². The summed E-state index contributed by atoms with van der Waals surface area (Å²) >= 11 is 0. The average molecular weight is 399 g/mol. The van der Waals surface area contributed by atoms with Gasteiger partial charge in [0.05, 0.1) is 11.3 Å². The van der Waals surface area contributed by atoms with Gasteiger partial charge < -0.3 is 14.3 Å². The summed E-state index contributed by atoms with van der Waals surface area (Å²) in [6, 6.07) is 25.4. The smallest absolute Gasteiger partial charge is 0.367 e. The van der Waals surface area contributed by atoms with Gasteiger partial charge in [-0.15, -0.1) is 0 Å². The van der Waals surface area contributed by atoms with Crippen molar-refractivity contribution in [3.63, 3.8) is 0 Å². The predicted octanol–water partition coefficient (Wildman–Crippen LogP) is 5.16. The molecule has 4 rings (SSSR count). The lowest BCUT2D eigenvalue weighted by atomic mass is 10.1. The summed E-state index contributed by atoms with van der Waals surface area (Å²) < 4.78 is 12.0. The lowest BCUT2D eigenvalue weighted by Gasteiger charge is -2.13. The van der Waals surface area contributed by atoms with Crippen molar-refractivity contribution in [1.29, 1.82) is 0 Å². The first-order valence-corrected chi connectivity index (χ1v) is 9.64. The van der Waals surface area contributed by atoms with E-state index in [1.807, 2.05) is 78.9 Å². The average Bonchev–Trinajstić information content (AvgIpc) is 3.11. The van der Waals surface area contributed by atoms with Crippen molar-refractivity contribution >= 4 is 17.8 Å². The van der Waals surface area contributed by atoms with Gasteiger partial charge in [0.25, 0.3) is 0 Å². The van der Waals surface area contributed by atoms with Gasteiger partial charge in [0.2, 0.25) is 0 Å². The van der Waals surface area contributed by atoms with Crippen molar-refractivity contribution in [1.82, 2.24) is 0 Å². The molecule has 0 aromatic heterocycles. The first-order chi connectivity index (χ1) is 14.7. The highest BCUT2D eigenvalue weighted by atomic mass is 16.7. The molecule has 3 aromatic rings. The van der Waals surface area contributed by atoms with Crippen LogP contribution in [0.15, 0.2) is 89.6 Å². The normalized spacial score (nSPS) is 14.4. The first kappa shape index (κ1) is 19.5. The second-order valence-corrected chi connectivity index (χ2v) is 6.86. The molecule has 150 valence electrons. The molecule has 0 N–H and O–H groups in total. The fourth-order valence-corrected chi connectivity index (χ4v) is 3.00. The Bertz CT molecular complexity index is 1090. The maximum Gasteiger partial charge on any atom is 0.367 e. The molecule has 0 fully saturated rings. The molecule has 0 amide bonds. The zero-order chi connectivity index (χ0) is 20.8. The largest absolute Gasteiger partial charge is 0.489 e. The Labute approximate surface area is 175 Å². The van der Waals surface area contributed by atoms with Crippen LogP contribution in [-0.2, 0) is 22.8 Å². The van der Waals surface area contributed by atoms with Gasteiger partial charge >= 0.3 is 5.97 Å². The number of oxime groups is 1. The van der Waals surface area contributed by atoms with E-state index < -0.39 is 5.97 Å². The van der Waals surface area contributed by atoms with Crippen LogP contribution in [0, 0.1) is 0 Å². The van der Waals surface area contributed by atoms with Gasteiger partial charge in [-0.05, 0) is 36.3 Å². The molecule has 5 heteroatoms. The third-order valence-corrected chi connectivity index (χ3v) is 4.65. The van der Waals surface area contributed by atoms with Crippen molar-refractivity contribution in [2.24, 2.45) is 5.16 Å². The summed E-state index contributed by atoms with van der Waals surface area (Å²) in [5, 5.41) is 3.73. The topological polar surface area (TPSA) is 57.1 Å². The lowest BCUT2D eigenvalue weighted by Crippen LogP contribution is -2.03. The van der Waals surface area contributed by atoms with Crippen molar-refractivity contribution < 1.29 is 19.1 Å². The molecule has 0 aliphatic carbocycles. The van der Waals surface area contributed by atoms with Crippen LogP contribution in [0.25, 0.3) is 6.08 Å². The summed E-state index contributed by atoms with van der Waals surface area (Å²) in [4.78, 5) is 16.7. The highest BCUT2D eigenvalue weighted by Gasteiger charge is 2.22. The third-order valence-electron chi connectivity index (χ3n) is 4.65. The molecule has 5 nitrogen and oxygen atoms in total. The standard InChI is InChI=1S/C25H21NO4/c1-18-23(25(27)30-26-18)14-21-12-13-22(28-16-19-8-4-2-5-9-19)15-24(21)29-17-20-10-6-3-7-11-20/h2-15H,16-17H2,1H3/b23-14+. The summed E-state index contributed by atoms with van der Waals surface area (Å²) in [5.41, 5.74) is 3.83. The minimum absolute atomic E-state index is 0.399. The van der Waals surface area contributed by atoms with Gasteiger partial charge in [0, 0.05) is 11.6 Å². The van der Waals surface area contributed by atoms with E-state index in [-0.39, 0.29) is 0 Å². The maximum absolute atomic E-state index is 11.9. The van der Waals surface area contributed by atoms with E-state index in [0.29, 0.717) is 36.0 Å². The minimum Gasteiger partial charge on any atom is -0.489 e. The molecule has 1 aliphatic heterocycles. The van der Waals surface area contributed by atoms with Crippen LogP contribution in [0.1, 0.15) is 23.6 Å². The lowest BCUT2D eigenvalue weighted by molar-refractivity contribution is -0.136. The number of benzene rings is 3. The predicted molar refractivity (Wildman–Crippen MR) is 115 cm³/mol. The van der Waals surface area contributed by atoms with Crippen LogP contribution in [0.5, 0.6) is 11.5 Å². The van der Waals surface area contributed by atoms with E-state index in [9.17, 15) is 4.79 Å². The Hall–Kier alpha value is -3.86. The summed E-state index contributed by atoms with van der Waals surface area (Å²) in [6.07, 6.45) is 1.73. The molecule has 0 saturated carbocycles. The molecule has 0 atom stereocenters. The van der Waals surface area contributed by atoms with Crippen LogP contribution in [0.4, 0.5) is 0 Å². The number of carbonyl (C=O) groups is 1. The van der Waals surface area contributed by atoms with Gasteiger partial charge in [-0.1, -0.05) is 65.8 Å². The summed E-state index contributed by atoms with van der Waals surface area (Å²) in [7, 11) is 0. The summed E-state index contributed by atoms with van der Waals surface area (Å²) in [5.74, 6) is 0.832. The SMILES string of the molecule is CC1=NOC(=O)/C1=C/c1ccc(OCc2ccccc2)cc1OCc1ccccc1. The van der Waals surface area contributed by atoms with E-state index in [2.05, 4.69) is 5.16 Å². The van der Waals surface area contributed by atoms with E-state index in [0.717, 1.165) is 16.7 Å². The second kappa shape index (κ2) is 9.09. The van der Waals surface area contributed by atoms with Gasteiger partial charge in [-0.25, -0.2) is 4.79 Å². The fraction of sp³-hybridized carbons (Fsp3) is 0.120. The quantitative estimate of drug-likeness (QED) is 0.407. The fourth-order valence-electron chi connectivity index (χ4n) is 3.00. The van der Waals surface area contributed by atoms with Gasteiger partial charge in [-0.3, -0.25) is 0 Å². The Morgan fingerprint density at radius 3 is 2.10 bits per heavy atom. The Morgan fingerprint density at radius 2 is 1.50 bits per heavy atom. The van der Waals surface area contributed by atoms with Crippen molar-refractivity contribution in [2.45, 2.75) is 20.1 Å². The molecule has 1 aliphatic rings. The Kier molecular flexibility index (Phi) is 5.90.